The first-order valence-electron chi connectivity index (χ1n) is 9.79. The molecule has 0 saturated carbocycles. The Labute approximate surface area is 169 Å². The number of morpholine rings is 1. The second-order valence-electron chi connectivity index (χ2n) is 6.93. The molecule has 7 nitrogen and oxygen atoms in total. The van der Waals surface area contributed by atoms with Crippen LogP contribution < -0.4 is 19.7 Å². The molecule has 5 rings (SSSR count). The predicted molar refractivity (Wildman–Crippen MR) is 111 cm³/mol. The first kappa shape index (κ1) is 17.8. The molecular weight excluding hydrogens is 368 g/mol. The zero-order valence-corrected chi connectivity index (χ0v) is 16.0. The van der Waals surface area contributed by atoms with Crippen molar-refractivity contribution in [2.45, 2.75) is 0 Å². The lowest BCUT2D eigenvalue weighted by molar-refractivity contribution is 0.122. The molecule has 1 aromatic heterocycles. The van der Waals surface area contributed by atoms with E-state index in [0.717, 1.165) is 54.7 Å². The van der Waals surface area contributed by atoms with E-state index < -0.39 is 0 Å². The second kappa shape index (κ2) is 7.97. The van der Waals surface area contributed by atoms with Gasteiger partial charge in [0.2, 0.25) is 0 Å². The maximum absolute atomic E-state index is 5.65. The van der Waals surface area contributed by atoms with Crippen LogP contribution in [0.25, 0.3) is 11.3 Å². The Bertz CT molecular complexity index is 970. The molecule has 0 spiro atoms. The molecule has 0 radical (unpaired) electrons. The van der Waals surface area contributed by atoms with Crippen LogP contribution in [0.1, 0.15) is 0 Å². The summed E-state index contributed by atoms with van der Waals surface area (Å²) in [4.78, 5) is 2.33. The van der Waals surface area contributed by atoms with Gasteiger partial charge < -0.3 is 24.4 Å². The van der Waals surface area contributed by atoms with Crippen molar-refractivity contribution in [1.82, 2.24) is 10.2 Å². The molecule has 1 saturated heterocycles. The number of hydrogen-bond donors (Lipinski definition) is 1. The average Bonchev–Trinajstić information content (AvgIpc) is 2.80. The number of anilines is 3. The molecule has 1 N–H and O–H groups in total. The number of nitrogens with one attached hydrogen (secondary N) is 1. The molecule has 2 aliphatic rings. The van der Waals surface area contributed by atoms with Crippen LogP contribution in [-0.2, 0) is 4.74 Å². The Balaban J connectivity index is 1.27. The van der Waals surface area contributed by atoms with Gasteiger partial charge in [-0.25, -0.2) is 0 Å². The Hall–Kier alpha value is -3.32. The van der Waals surface area contributed by atoms with Crippen molar-refractivity contribution in [3.05, 3.63) is 54.6 Å². The molecule has 0 atom stereocenters. The Morgan fingerprint density at radius 2 is 1.55 bits per heavy atom. The van der Waals surface area contributed by atoms with E-state index in [2.05, 4.69) is 44.7 Å². The van der Waals surface area contributed by atoms with Gasteiger partial charge in [-0.2, -0.15) is 0 Å². The van der Waals surface area contributed by atoms with Gasteiger partial charge in [0.1, 0.15) is 13.2 Å². The number of ether oxygens (including phenoxy) is 3. The molecule has 0 unspecified atom stereocenters. The number of fused-ring (bicyclic) bond motifs is 1. The first-order chi connectivity index (χ1) is 14.3. The van der Waals surface area contributed by atoms with Crippen molar-refractivity contribution in [2.24, 2.45) is 0 Å². The van der Waals surface area contributed by atoms with E-state index in [1.54, 1.807) is 0 Å². The summed E-state index contributed by atoms with van der Waals surface area (Å²) >= 11 is 0. The number of rotatable bonds is 4. The number of benzene rings is 2. The van der Waals surface area contributed by atoms with Crippen LogP contribution in [-0.4, -0.2) is 49.7 Å². The molecule has 0 bridgehead atoms. The summed E-state index contributed by atoms with van der Waals surface area (Å²) in [5.74, 6) is 2.22. The van der Waals surface area contributed by atoms with Crippen molar-refractivity contribution < 1.29 is 14.2 Å². The van der Waals surface area contributed by atoms with Gasteiger partial charge in [-0.1, -0.05) is 0 Å². The highest BCUT2D eigenvalue weighted by molar-refractivity contribution is 5.66. The minimum atomic E-state index is 0.565. The van der Waals surface area contributed by atoms with Crippen LogP contribution in [0.15, 0.2) is 54.6 Å². The minimum Gasteiger partial charge on any atom is -0.486 e. The third-order valence-electron chi connectivity index (χ3n) is 5.02. The fourth-order valence-corrected chi connectivity index (χ4v) is 3.48. The van der Waals surface area contributed by atoms with E-state index in [1.165, 1.54) is 5.69 Å². The van der Waals surface area contributed by atoms with Crippen LogP contribution in [0.2, 0.25) is 0 Å². The molecule has 7 heteroatoms. The SMILES string of the molecule is c1cc(N2CCOCC2)ccc1Nc1ccc(-c2ccc3c(c2)OCCO3)nn1. The van der Waals surface area contributed by atoms with Crippen molar-refractivity contribution >= 4 is 17.2 Å². The largest absolute Gasteiger partial charge is 0.486 e. The predicted octanol–water partition coefficient (Wildman–Crippen LogP) is 3.50. The third kappa shape index (κ3) is 3.95. The highest BCUT2D eigenvalue weighted by Gasteiger charge is 2.13. The van der Waals surface area contributed by atoms with Gasteiger partial charge in [-0.15, -0.1) is 10.2 Å². The van der Waals surface area contributed by atoms with Crippen molar-refractivity contribution in [3.8, 4) is 22.8 Å². The molecule has 1 fully saturated rings. The van der Waals surface area contributed by atoms with E-state index in [4.69, 9.17) is 14.2 Å². The maximum Gasteiger partial charge on any atom is 0.162 e. The zero-order valence-electron chi connectivity index (χ0n) is 16.0. The van der Waals surface area contributed by atoms with Crippen molar-refractivity contribution in [3.63, 3.8) is 0 Å². The number of aromatic nitrogens is 2. The summed E-state index contributed by atoms with van der Waals surface area (Å²) in [5, 5.41) is 12.0. The fourth-order valence-electron chi connectivity index (χ4n) is 3.48. The summed E-state index contributed by atoms with van der Waals surface area (Å²) in [6.07, 6.45) is 0. The standard InChI is InChI=1S/C22H22N4O3/c1-7-20-21(29-14-13-28-20)15-16(1)19-6-8-22(25-24-19)23-17-2-4-18(5-3-17)26-9-11-27-12-10-26/h1-8,15H,9-14H2,(H,23,25). The summed E-state index contributed by atoms with van der Waals surface area (Å²) in [6.45, 7) is 4.57. The summed E-state index contributed by atoms with van der Waals surface area (Å²) in [6, 6.07) is 18.0. The van der Waals surface area contributed by atoms with Crippen LogP contribution in [0, 0.1) is 0 Å². The minimum absolute atomic E-state index is 0.565. The van der Waals surface area contributed by atoms with Gasteiger partial charge in [0, 0.05) is 30.0 Å². The van der Waals surface area contributed by atoms with Crippen molar-refractivity contribution in [1.29, 1.82) is 0 Å². The Kier molecular flexibility index (Phi) is 4.88. The lowest BCUT2D eigenvalue weighted by atomic mass is 10.1. The van der Waals surface area contributed by atoms with Crippen LogP contribution >= 0.6 is 0 Å². The smallest absolute Gasteiger partial charge is 0.162 e. The molecule has 0 aliphatic carbocycles. The number of nitrogens with zero attached hydrogens (tertiary/aromatic N) is 3. The van der Waals surface area contributed by atoms with Gasteiger partial charge in [0.25, 0.3) is 0 Å². The molecule has 3 aromatic rings. The normalized spacial score (nSPS) is 15.8. The molecule has 3 heterocycles. The summed E-state index contributed by atoms with van der Waals surface area (Å²) < 4.78 is 16.6. The molecule has 2 aliphatic heterocycles. The van der Waals surface area contributed by atoms with Crippen molar-refractivity contribution in [2.75, 3.05) is 49.7 Å². The van der Waals surface area contributed by atoms with Gasteiger partial charge in [-0.3, -0.25) is 0 Å². The highest BCUT2D eigenvalue weighted by atomic mass is 16.6. The Morgan fingerprint density at radius 3 is 2.31 bits per heavy atom. The molecule has 148 valence electrons. The topological polar surface area (TPSA) is 68.7 Å². The van der Waals surface area contributed by atoms with Crippen LogP contribution in [0.4, 0.5) is 17.2 Å². The molecule has 29 heavy (non-hydrogen) atoms. The Morgan fingerprint density at radius 1 is 0.759 bits per heavy atom. The van der Waals surface area contributed by atoms with Crippen LogP contribution in [0.5, 0.6) is 11.5 Å². The average molecular weight is 390 g/mol. The number of hydrogen-bond acceptors (Lipinski definition) is 7. The second-order valence-corrected chi connectivity index (χ2v) is 6.93. The first-order valence-corrected chi connectivity index (χ1v) is 9.79. The highest BCUT2D eigenvalue weighted by Crippen LogP contribution is 2.34. The van der Waals surface area contributed by atoms with E-state index in [1.807, 2.05) is 30.3 Å². The van der Waals surface area contributed by atoms with Gasteiger partial charge in [0.05, 0.1) is 18.9 Å². The molecular formula is C22H22N4O3. The molecule has 2 aromatic carbocycles. The van der Waals surface area contributed by atoms with E-state index in [0.29, 0.717) is 19.0 Å². The van der Waals surface area contributed by atoms with E-state index in [9.17, 15) is 0 Å². The lowest BCUT2D eigenvalue weighted by Gasteiger charge is -2.28. The van der Waals surface area contributed by atoms with E-state index >= 15 is 0 Å². The summed E-state index contributed by atoms with van der Waals surface area (Å²) in [7, 11) is 0. The van der Waals surface area contributed by atoms with E-state index in [-0.39, 0.29) is 0 Å². The molecule has 0 amide bonds. The monoisotopic (exact) mass is 390 g/mol. The summed E-state index contributed by atoms with van der Waals surface area (Å²) in [5.41, 5.74) is 3.92. The van der Waals surface area contributed by atoms with Gasteiger partial charge in [0.15, 0.2) is 17.3 Å². The maximum atomic E-state index is 5.65. The van der Waals surface area contributed by atoms with Gasteiger partial charge >= 0.3 is 0 Å². The zero-order chi connectivity index (χ0) is 19.5. The lowest BCUT2D eigenvalue weighted by Crippen LogP contribution is -2.36. The quantitative estimate of drug-likeness (QED) is 0.731. The third-order valence-corrected chi connectivity index (χ3v) is 5.02. The fraction of sp³-hybridized carbons (Fsp3) is 0.273. The van der Waals surface area contributed by atoms with Crippen LogP contribution in [0.3, 0.4) is 0 Å². The van der Waals surface area contributed by atoms with Gasteiger partial charge in [-0.05, 0) is 54.6 Å².